The number of aliphatic imine (C=N–C) groups is 1. The minimum atomic E-state index is -0.782. The Morgan fingerprint density at radius 1 is 0.571 bits per heavy atom. The quantitative estimate of drug-likeness (QED) is 0.151. The van der Waals surface area contributed by atoms with Gasteiger partial charge in [-0.15, -0.1) is 0 Å². The largest absolute Gasteiger partial charge is 0.340 e. The SMILES string of the molecule is Clc1ccc(NC(=Nc2ccccc2P(c2ccccc2)c2ccccc2)c2ccccc2)cc1. The van der Waals surface area contributed by atoms with E-state index in [9.17, 15) is 0 Å². The van der Waals surface area contributed by atoms with Crippen LogP contribution < -0.4 is 21.2 Å². The molecule has 4 heteroatoms. The maximum Gasteiger partial charge on any atom is 0.138 e. The number of hydrogen-bond acceptors (Lipinski definition) is 1. The van der Waals surface area contributed by atoms with Crippen molar-refractivity contribution in [2.45, 2.75) is 0 Å². The van der Waals surface area contributed by atoms with Gasteiger partial charge >= 0.3 is 0 Å². The zero-order chi connectivity index (χ0) is 23.9. The topological polar surface area (TPSA) is 24.4 Å². The zero-order valence-corrected chi connectivity index (χ0v) is 20.7. The van der Waals surface area contributed by atoms with E-state index in [2.05, 4.69) is 102 Å². The molecule has 2 nitrogen and oxygen atoms in total. The molecule has 1 N–H and O–H groups in total. The Kier molecular flexibility index (Phi) is 7.34. The van der Waals surface area contributed by atoms with Crippen LogP contribution in [0.4, 0.5) is 11.4 Å². The van der Waals surface area contributed by atoms with Crippen LogP contribution in [0.5, 0.6) is 0 Å². The van der Waals surface area contributed by atoms with Crippen LogP contribution in [-0.4, -0.2) is 5.84 Å². The van der Waals surface area contributed by atoms with Crippen molar-refractivity contribution in [3.05, 3.63) is 150 Å². The third-order valence-electron chi connectivity index (χ3n) is 5.54. The van der Waals surface area contributed by atoms with Crippen molar-refractivity contribution in [1.82, 2.24) is 0 Å². The molecule has 0 bridgehead atoms. The van der Waals surface area contributed by atoms with Crippen molar-refractivity contribution in [3.63, 3.8) is 0 Å². The minimum Gasteiger partial charge on any atom is -0.340 e. The number of para-hydroxylation sites is 1. The first kappa shape index (κ1) is 23.1. The maximum atomic E-state index is 6.11. The summed E-state index contributed by atoms with van der Waals surface area (Å²) in [5, 5.41) is 8.02. The summed E-state index contributed by atoms with van der Waals surface area (Å²) < 4.78 is 0. The van der Waals surface area contributed by atoms with Gasteiger partial charge < -0.3 is 5.32 Å². The van der Waals surface area contributed by atoms with Gasteiger partial charge in [0.05, 0.1) is 5.69 Å². The van der Waals surface area contributed by atoms with Gasteiger partial charge in [0, 0.05) is 21.6 Å². The van der Waals surface area contributed by atoms with Gasteiger partial charge in [0.2, 0.25) is 0 Å². The summed E-state index contributed by atoms with van der Waals surface area (Å²) in [4.78, 5) is 5.21. The number of anilines is 1. The highest BCUT2D eigenvalue weighted by Crippen LogP contribution is 2.36. The molecule has 0 aromatic heterocycles. The smallest absolute Gasteiger partial charge is 0.138 e. The van der Waals surface area contributed by atoms with Gasteiger partial charge in [0.25, 0.3) is 0 Å². The summed E-state index contributed by atoms with van der Waals surface area (Å²) in [5.41, 5.74) is 2.90. The molecule has 35 heavy (non-hydrogen) atoms. The first-order valence-electron chi connectivity index (χ1n) is 11.4. The molecule has 0 aliphatic rings. The molecule has 0 atom stereocenters. The lowest BCUT2D eigenvalue weighted by Gasteiger charge is -2.21. The van der Waals surface area contributed by atoms with E-state index in [0.717, 1.165) is 22.8 Å². The van der Waals surface area contributed by atoms with Crippen LogP contribution >= 0.6 is 19.5 Å². The van der Waals surface area contributed by atoms with Gasteiger partial charge in [-0.25, -0.2) is 4.99 Å². The molecule has 0 heterocycles. The normalized spacial score (nSPS) is 11.4. The molecule has 0 saturated heterocycles. The van der Waals surface area contributed by atoms with Crippen LogP contribution in [0, 0.1) is 0 Å². The summed E-state index contributed by atoms with van der Waals surface area (Å²) in [7, 11) is -0.782. The van der Waals surface area contributed by atoms with Crippen molar-refractivity contribution < 1.29 is 0 Å². The number of nitrogens with zero attached hydrogens (tertiary/aromatic N) is 1. The molecule has 0 unspecified atom stereocenters. The van der Waals surface area contributed by atoms with Crippen LogP contribution in [0.25, 0.3) is 0 Å². The Balaban J connectivity index is 1.64. The molecule has 170 valence electrons. The van der Waals surface area contributed by atoms with E-state index in [1.165, 1.54) is 15.9 Å². The number of benzene rings is 5. The van der Waals surface area contributed by atoms with E-state index in [1.807, 2.05) is 42.5 Å². The Labute approximate surface area is 212 Å². The predicted molar refractivity (Wildman–Crippen MR) is 153 cm³/mol. The number of rotatable bonds is 6. The van der Waals surface area contributed by atoms with Crippen molar-refractivity contribution in [2.75, 3.05) is 5.32 Å². The summed E-state index contributed by atoms with van der Waals surface area (Å²) in [5.74, 6) is 0.788. The third kappa shape index (κ3) is 5.69. The van der Waals surface area contributed by atoms with E-state index < -0.39 is 7.92 Å². The summed E-state index contributed by atoms with van der Waals surface area (Å²) in [6.07, 6.45) is 0. The van der Waals surface area contributed by atoms with Crippen LogP contribution in [-0.2, 0) is 0 Å². The molecule has 0 radical (unpaired) electrons. The summed E-state index contributed by atoms with van der Waals surface area (Å²) in [6, 6.07) is 47.8. The van der Waals surface area contributed by atoms with E-state index in [0.29, 0.717) is 5.02 Å². The second kappa shape index (κ2) is 11.1. The number of halogens is 1. The lowest BCUT2D eigenvalue weighted by molar-refractivity contribution is 1.48. The van der Waals surface area contributed by atoms with Crippen LogP contribution in [0.3, 0.4) is 0 Å². The third-order valence-corrected chi connectivity index (χ3v) is 8.28. The molecule has 0 aliphatic heterocycles. The first-order chi connectivity index (χ1) is 17.3. The second-order valence-electron chi connectivity index (χ2n) is 7.95. The zero-order valence-electron chi connectivity index (χ0n) is 19.1. The minimum absolute atomic E-state index is 0.704. The fourth-order valence-electron chi connectivity index (χ4n) is 3.88. The van der Waals surface area contributed by atoms with Crippen molar-refractivity contribution >= 4 is 52.6 Å². The molecule has 5 aromatic rings. The van der Waals surface area contributed by atoms with Gasteiger partial charge in [-0.2, -0.15) is 0 Å². The molecule has 0 aliphatic carbocycles. The highest BCUT2D eigenvalue weighted by Gasteiger charge is 2.19. The van der Waals surface area contributed by atoms with E-state index in [1.54, 1.807) is 0 Å². The van der Waals surface area contributed by atoms with Gasteiger partial charge in [-0.1, -0.05) is 121 Å². The molecule has 0 amide bonds. The average molecular weight is 491 g/mol. The van der Waals surface area contributed by atoms with Crippen molar-refractivity contribution in [3.8, 4) is 0 Å². The highest BCUT2D eigenvalue weighted by molar-refractivity contribution is 7.80. The van der Waals surface area contributed by atoms with Gasteiger partial charge in [0.15, 0.2) is 0 Å². The molecule has 0 saturated carbocycles. The molecular formula is C31H24ClN2P. The Bertz CT molecular complexity index is 1360. The number of hydrogen-bond donors (Lipinski definition) is 1. The summed E-state index contributed by atoms with van der Waals surface area (Å²) >= 11 is 6.11. The highest BCUT2D eigenvalue weighted by atomic mass is 35.5. The number of amidine groups is 1. The lowest BCUT2D eigenvalue weighted by atomic mass is 10.2. The van der Waals surface area contributed by atoms with Crippen LogP contribution in [0.15, 0.2) is 145 Å². The van der Waals surface area contributed by atoms with Crippen LogP contribution in [0.2, 0.25) is 5.02 Å². The Hall–Kier alpha value is -3.71. The van der Waals surface area contributed by atoms with Gasteiger partial charge in [-0.3, -0.25) is 0 Å². The molecular weight excluding hydrogens is 467 g/mol. The van der Waals surface area contributed by atoms with E-state index in [-0.39, 0.29) is 0 Å². The monoisotopic (exact) mass is 490 g/mol. The number of nitrogens with one attached hydrogen (secondary N) is 1. The fourth-order valence-corrected chi connectivity index (χ4v) is 6.39. The van der Waals surface area contributed by atoms with Gasteiger partial charge in [-0.05, 0) is 48.9 Å². The maximum absolute atomic E-state index is 6.11. The fraction of sp³-hybridized carbons (Fsp3) is 0. The average Bonchev–Trinajstić information content (AvgIpc) is 2.92. The standard InChI is InChI=1S/C31H24ClN2P/c32-25-20-22-26(23-21-25)33-31(24-12-4-1-5-13-24)34-29-18-10-11-19-30(29)35(27-14-6-2-7-15-27)28-16-8-3-9-17-28/h1-23H,(H,33,34). The molecule has 0 spiro atoms. The Morgan fingerprint density at radius 3 is 1.69 bits per heavy atom. The molecule has 5 aromatic carbocycles. The first-order valence-corrected chi connectivity index (χ1v) is 13.2. The lowest BCUT2D eigenvalue weighted by Crippen LogP contribution is -2.21. The van der Waals surface area contributed by atoms with Crippen molar-refractivity contribution in [2.24, 2.45) is 4.99 Å². The van der Waals surface area contributed by atoms with E-state index in [4.69, 9.17) is 16.6 Å². The summed E-state index contributed by atoms with van der Waals surface area (Å²) in [6.45, 7) is 0. The van der Waals surface area contributed by atoms with Crippen molar-refractivity contribution in [1.29, 1.82) is 0 Å². The van der Waals surface area contributed by atoms with E-state index >= 15 is 0 Å². The second-order valence-corrected chi connectivity index (χ2v) is 10.6. The van der Waals surface area contributed by atoms with Crippen LogP contribution in [0.1, 0.15) is 5.56 Å². The molecule has 0 fully saturated rings. The predicted octanol–water partition coefficient (Wildman–Crippen LogP) is 7.29. The Morgan fingerprint density at radius 2 is 1.09 bits per heavy atom. The molecule has 5 rings (SSSR count). The van der Waals surface area contributed by atoms with Gasteiger partial charge in [0.1, 0.15) is 5.84 Å².